The number of sulfonamides is 1. The van der Waals surface area contributed by atoms with Gasteiger partial charge in [-0.15, -0.1) is 12.4 Å². The van der Waals surface area contributed by atoms with Crippen LogP contribution in [0.3, 0.4) is 0 Å². The summed E-state index contributed by atoms with van der Waals surface area (Å²) in [5, 5.41) is 0. The number of imide groups is 1. The Bertz CT molecular complexity index is 761. The van der Waals surface area contributed by atoms with E-state index in [9.17, 15) is 18.0 Å². The quantitative estimate of drug-likeness (QED) is 0.737. The number of hydrogen-bond acceptors (Lipinski definition) is 5. The van der Waals surface area contributed by atoms with Crippen LogP contribution in [0.25, 0.3) is 0 Å². The van der Waals surface area contributed by atoms with Crippen molar-refractivity contribution in [3.05, 3.63) is 29.3 Å². The lowest BCUT2D eigenvalue weighted by Crippen LogP contribution is -2.38. The molecular weight excluding hydrogens is 342 g/mol. The molecule has 7 nitrogen and oxygen atoms in total. The van der Waals surface area contributed by atoms with E-state index >= 15 is 0 Å². The lowest BCUT2D eigenvalue weighted by Gasteiger charge is -2.12. The minimum absolute atomic E-state index is 0. The summed E-state index contributed by atoms with van der Waals surface area (Å²) < 4.78 is 27.0. The minimum Gasteiger partial charge on any atom is -0.326 e. The molecule has 1 aliphatic heterocycles. The van der Waals surface area contributed by atoms with Crippen molar-refractivity contribution in [2.75, 3.05) is 13.6 Å². The maximum Gasteiger partial charge on any atom is 0.261 e. The molecule has 3 N–H and O–H groups in total. The summed E-state index contributed by atoms with van der Waals surface area (Å²) in [6.07, 6.45) is 2.06. The number of benzene rings is 1. The summed E-state index contributed by atoms with van der Waals surface area (Å²) in [5.74, 6) is -0.532. The fraction of sp³-hybridized carbons (Fsp3) is 0.429. The van der Waals surface area contributed by atoms with Gasteiger partial charge in [-0.2, -0.15) is 0 Å². The molecule has 0 aromatic heterocycles. The molecule has 0 bridgehead atoms. The zero-order chi connectivity index (χ0) is 16.1. The predicted molar refractivity (Wildman–Crippen MR) is 86.0 cm³/mol. The summed E-state index contributed by atoms with van der Waals surface area (Å²) in [4.78, 5) is 24.6. The Morgan fingerprint density at radius 1 is 1.26 bits per heavy atom. The molecule has 1 aliphatic carbocycles. The molecule has 0 radical (unpaired) electrons. The second-order valence-corrected chi connectivity index (χ2v) is 7.50. The number of amides is 2. The Hall–Kier alpha value is -1.48. The third-order valence-corrected chi connectivity index (χ3v) is 5.53. The highest BCUT2D eigenvalue weighted by Crippen LogP contribution is 2.31. The van der Waals surface area contributed by atoms with Crippen molar-refractivity contribution < 1.29 is 18.0 Å². The van der Waals surface area contributed by atoms with E-state index in [4.69, 9.17) is 5.73 Å². The molecule has 1 saturated carbocycles. The third-order valence-electron chi connectivity index (χ3n) is 4.11. The van der Waals surface area contributed by atoms with Crippen LogP contribution in [0.5, 0.6) is 0 Å². The first kappa shape index (κ1) is 17.9. The summed E-state index contributed by atoms with van der Waals surface area (Å²) in [5.41, 5.74) is 6.22. The van der Waals surface area contributed by atoms with Gasteiger partial charge >= 0.3 is 0 Å². The van der Waals surface area contributed by atoms with E-state index in [0.717, 1.165) is 17.7 Å². The second-order valence-electron chi connectivity index (χ2n) is 5.73. The average Bonchev–Trinajstić information content (AvgIpc) is 3.31. The molecule has 23 heavy (non-hydrogen) atoms. The number of fused-ring (bicyclic) bond motifs is 1. The number of nitrogens with two attached hydrogens (primary N) is 1. The van der Waals surface area contributed by atoms with Crippen molar-refractivity contribution in [1.29, 1.82) is 0 Å². The van der Waals surface area contributed by atoms with Crippen LogP contribution in [-0.4, -0.2) is 44.8 Å². The average molecular weight is 360 g/mol. The van der Waals surface area contributed by atoms with Gasteiger partial charge in [0.25, 0.3) is 11.8 Å². The van der Waals surface area contributed by atoms with Crippen LogP contribution in [0.4, 0.5) is 0 Å². The molecule has 0 spiro atoms. The Kier molecular flexibility index (Phi) is 4.81. The van der Waals surface area contributed by atoms with Gasteiger partial charge in [-0.1, -0.05) is 0 Å². The van der Waals surface area contributed by atoms with Gasteiger partial charge < -0.3 is 5.73 Å². The summed E-state index contributed by atoms with van der Waals surface area (Å²) in [6.45, 7) is 0.164. The molecule has 1 heterocycles. The molecule has 126 valence electrons. The molecule has 2 amide bonds. The smallest absolute Gasteiger partial charge is 0.261 e. The third kappa shape index (κ3) is 3.25. The highest BCUT2D eigenvalue weighted by Gasteiger charge is 2.34. The normalized spacial score (nSPS) is 18.6. The highest BCUT2D eigenvalue weighted by atomic mass is 35.5. The van der Waals surface area contributed by atoms with E-state index in [-0.39, 0.29) is 41.0 Å². The zero-order valence-electron chi connectivity index (χ0n) is 12.5. The molecule has 3 rings (SSSR count). The lowest BCUT2D eigenvalue weighted by atomic mass is 10.1. The Morgan fingerprint density at radius 2 is 1.87 bits per heavy atom. The number of nitrogens with zero attached hydrogens (tertiary/aromatic N) is 1. The minimum atomic E-state index is -3.75. The fourth-order valence-electron chi connectivity index (χ4n) is 2.49. The van der Waals surface area contributed by atoms with Crippen LogP contribution in [0.15, 0.2) is 23.1 Å². The fourth-order valence-corrected chi connectivity index (χ4v) is 3.59. The molecule has 1 aromatic rings. The standard InChI is InChI=1S/C14H17N3O4S.ClH/c1-17-13(18)10-5-4-9(6-11(10)14(17)19)22(20,21)16-7-12(15)8-2-3-8;/h4-6,8,12,16H,2-3,7,15H2,1H3;1H. The second kappa shape index (κ2) is 6.20. The molecule has 1 unspecified atom stereocenters. The van der Waals surface area contributed by atoms with Gasteiger partial charge in [0.1, 0.15) is 0 Å². The Labute approximate surface area is 140 Å². The number of carbonyl (C=O) groups excluding carboxylic acids is 2. The highest BCUT2D eigenvalue weighted by molar-refractivity contribution is 7.89. The molecular formula is C14H18ClN3O4S. The first-order valence-corrected chi connectivity index (χ1v) is 8.51. The lowest BCUT2D eigenvalue weighted by molar-refractivity contribution is 0.0693. The van der Waals surface area contributed by atoms with Gasteiger partial charge in [-0.05, 0) is 37.0 Å². The topological polar surface area (TPSA) is 110 Å². The molecule has 1 aromatic carbocycles. The summed E-state index contributed by atoms with van der Waals surface area (Å²) in [7, 11) is -2.39. The zero-order valence-corrected chi connectivity index (χ0v) is 14.1. The van der Waals surface area contributed by atoms with Crippen molar-refractivity contribution >= 4 is 34.2 Å². The monoisotopic (exact) mass is 359 g/mol. The van der Waals surface area contributed by atoms with Gasteiger partial charge in [-0.25, -0.2) is 13.1 Å². The Morgan fingerprint density at radius 3 is 2.48 bits per heavy atom. The number of carbonyl (C=O) groups is 2. The van der Waals surface area contributed by atoms with E-state index in [0.29, 0.717) is 5.92 Å². The molecule has 2 aliphatic rings. The van der Waals surface area contributed by atoms with Gasteiger partial charge in [0.05, 0.1) is 16.0 Å². The van der Waals surface area contributed by atoms with E-state index in [1.807, 2.05) is 0 Å². The Balaban J connectivity index is 0.00000192. The number of rotatable bonds is 5. The molecule has 9 heteroatoms. The van der Waals surface area contributed by atoms with Crippen molar-refractivity contribution in [2.24, 2.45) is 11.7 Å². The van der Waals surface area contributed by atoms with Crippen molar-refractivity contribution in [3.8, 4) is 0 Å². The van der Waals surface area contributed by atoms with E-state index in [2.05, 4.69) is 4.72 Å². The first-order chi connectivity index (χ1) is 10.3. The SMILES string of the molecule is CN1C(=O)c2ccc(S(=O)(=O)NCC(N)C3CC3)cc2C1=O.Cl. The maximum absolute atomic E-state index is 12.3. The summed E-state index contributed by atoms with van der Waals surface area (Å²) >= 11 is 0. The van der Waals surface area contributed by atoms with Crippen LogP contribution in [-0.2, 0) is 10.0 Å². The van der Waals surface area contributed by atoms with Crippen LogP contribution >= 0.6 is 12.4 Å². The van der Waals surface area contributed by atoms with Crippen molar-refractivity contribution in [1.82, 2.24) is 9.62 Å². The maximum atomic E-state index is 12.3. The van der Waals surface area contributed by atoms with E-state index in [1.165, 1.54) is 25.2 Å². The number of hydrogen-bond donors (Lipinski definition) is 2. The predicted octanol–water partition coefficient (Wildman–Crippen LogP) is 0.350. The van der Waals surface area contributed by atoms with Gasteiger partial charge in [0, 0.05) is 19.6 Å². The molecule has 1 fully saturated rings. The van der Waals surface area contributed by atoms with Gasteiger partial charge in [0.2, 0.25) is 10.0 Å². The van der Waals surface area contributed by atoms with Crippen molar-refractivity contribution in [2.45, 2.75) is 23.8 Å². The van der Waals surface area contributed by atoms with Crippen LogP contribution in [0.1, 0.15) is 33.6 Å². The molecule has 1 atom stereocenters. The van der Waals surface area contributed by atoms with Crippen LogP contribution in [0, 0.1) is 5.92 Å². The van der Waals surface area contributed by atoms with Crippen LogP contribution in [0.2, 0.25) is 0 Å². The van der Waals surface area contributed by atoms with E-state index in [1.54, 1.807) is 0 Å². The van der Waals surface area contributed by atoms with E-state index < -0.39 is 21.8 Å². The first-order valence-electron chi connectivity index (χ1n) is 7.03. The number of nitrogens with one attached hydrogen (secondary N) is 1. The van der Waals surface area contributed by atoms with Gasteiger partial charge in [0.15, 0.2) is 0 Å². The largest absolute Gasteiger partial charge is 0.326 e. The van der Waals surface area contributed by atoms with Crippen molar-refractivity contribution in [3.63, 3.8) is 0 Å². The van der Waals surface area contributed by atoms with Crippen LogP contribution < -0.4 is 10.5 Å². The van der Waals surface area contributed by atoms with Gasteiger partial charge in [-0.3, -0.25) is 14.5 Å². The molecule has 0 saturated heterocycles. The number of halogens is 1. The summed E-state index contributed by atoms with van der Waals surface area (Å²) in [6, 6.07) is 3.74.